The lowest BCUT2D eigenvalue weighted by Crippen LogP contribution is -2.36. The molecule has 0 spiro atoms. The number of halogens is 1. The molecule has 0 bridgehead atoms. The second kappa shape index (κ2) is 12.9. The number of methoxy groups -OCH3 is 1. The highest BCUT2D eigenvalue weighted by molar-refractivity contribution is 6.05. The summed E-state index contributed by atoms with van der Waals surface area (Å²) in [7, 11) is 5.05. The van der Waals surface area contributed by atoms with E-state index in [1.54, 1.807) is 31.4 Å². The molecule has 2 amide bonds. The molecule has 1 atom stereocenters. The number of rotatable bonds is 9. The maximum Gasteiger partial charge on any atom is 0.263 e. The molecule has 0 aliphatic carbocycles. The van der Waals surface area contributed by atoms with Crippen LogP contribution < -0.4 is 20.9 Å². The number of aryl methyl sites for hydroxylation is 1. The minimum atomic E-state index is -0.474. The van der Waals surface area contributed by atoms with Crippen LogP contribution in [0.15, 0.2) is 71.7 Å². The molecule has 5 rings (SSSR count). The fourth-order valence-electron chi connectivity index (χ4n) is 5.89. The van der Waals surface area contributed by atoms with Gasteiger partial charge >= 0.3 is 0 Å². The number of nitrogens with zero attached hydrogens (tertiary/aromatic N) is 2. The lowest BCUT2D eigenvalue weighted by atomic mass is 9.90. The van der Waals surface area contributed by atoms with Crippen molar-refractivity contribution in [2.24, 2.45) is 7.05 Å². The second-order valence-corrected chi connectivity index (χ2v) is 11.4. The van der Waals surface area contributed by atoms with Crippen LogP contribution in [0.1, 0.15) is 39.9 Å². The van der Waals surface area contributed by atoms with Crippen molar-refractivity contribution < 1.29 is 18.7 Å². The molecule has 3 aromatic carbocycles. The van der Waals surface area contributed by atoms with Crippen molar-refractivity contribution in [1.29, 1.82) is 0 Å². The molecule has 1 saturated heterocycles. The average molecular weight is 597 g/mol. The van der Waals surface area contributed by atoms with Crippen LogP contribution in [-0.2, 0) is 18.4 Å². The molecular weight excluding hydrogens is 559 g/mol. The van der Waals surface area contributed by atoms with Crippen LogP contribution >= 0.6 is 0 Å². The monoisotopic (exact) mass is 596 g/mol. The molecule has 228 valence electrons. The Labute approximate surface area is 256 Å². The molecule has 4 aromatic rings. The maximum absolute atomic E-state index is 15.7. The van der Waals surface area contributed by atoms with E-state index in [0.717, 1.165) is 34.2 Å². The van der Waals surface area contributed by atoms with Crippen LogP contribution in [-0.4, -0.2) is 48.0 Å². The Morgan fingerprint density at radius 2 is 1.75 bits per heavy atom. The van der Waals surface area contributed by atoms with E-state index in [1.807, 2.05) is 62.2 Å². The van der Waals surface area contributed by atoms with Gasteiger partial charge in [0.1, 0.15) is 17.1 Å². The summed E-state index contributed by atoms with van der Waals surface area (Å²) in [4.78, 5) is 39.0. The zero-order chi connectivity index (χ0) is 31.5. The lowest BCUT2D eigenvalue weighted by molar-refractivity contribution is -0.119. The van der Waals surface area contributed by atoms with Crippen LogP contribution in [0.5, 0.6) is 5.75 Å². The van der Waals surface area contributed by atoms with Crippen molar-refractivity contribution in [2.75, 3.05) is 26.0 Å². The van der Waals surface area contributed by atoms with Gasteiger partial charge in [-0.1, -0.05) is 30.3 Å². The molecule has 8 nitrogen and oxygen atoms in total. The third-order valence-corrected chi connectivity index (χ3v) is 8.30. The summed E-state index contributed by atoms with van der Waals surface area (Å²) in [6.45, 7) is 4.88. The number of benzene rings is 3. The molecule has 0 radical (unpaired) electrons. The van der Waals surface area contributed by atoms with E-state index < -0.39 is 5.91 Å². The standard InChI is InChI=1S/C35H37FN4O4/c1-21-25(23-17-30(36)29(32(18-23)44-5)20-39(3)19-24-14-15-33(41)37-24)9-6-10-26(21)27-11-7-13-31(22(27)2)38-34(42)28-12-8-16-40(4)35(28)43/h6-13,16-18,24H,14-15,19-20H2,1-5H3,(H,37,41)(H,38,42). The summed E-state index contributed by atoms with van der Waals surface area (Å²) >= 11 is 0. The summed E-state index contributed by atoms with van der Waals surface area (Å²) in [6.07, 6.45) is 2.91. The molecule has 1 aromatic heterocycles. The van der Waals surface area contributed by atoms with Crippen LogP contribution in [0.3, 0.4) is 0 Å². The van der Waals surface area contributed by atoms with Gasteiger partial charge in [0.05, 0.1) is 7.11 Å². The maximum atomic E-state index is 15.7. The Kier molecular flexibility index (Phi) is 8.96. The van der Waals surface area contributed by atoms with E-state index in [1.165, 1.54) is 17.7 Å². The normalized spacial score (nSPS) is 14.5. The summed E-state index contributed by atoms with van der Waals surface area (Å²) in [5.74, 6) is -0.322. The van der Waals surface area contributed by atoms with Crippen LogP contribution in [0.25, 0.3) is 22.3 Å². The van der Waals surface area contributed by atoms with Crippen molar-refractivity contribution in [3.8, 4) is 28.0 Å². The molecule has 2 N–H and O–H groups in total. The van der Waals surface area contributed by atoms with E-state index in [4.69, 9.17) is 4.74 Å². The Bertz CT molecular complexity index is 1800. The van der Waals surface area contributed by atoms with Gasteiger partial charge in [0.2, 0.25) is 5.91 Å². The second-order valence-electron chi connectivity index (χ2n) is 11.4. The largest absolute Gasteiger partial charge is 0.496 e. The predicted octanol–water partition coefficient (Wildman–Crippen LogP) is 5.45. The number of likely N-dealkylation sites (N-methyl/N-ethyl adjacent to an activating group) is 1. The highest BCUT2D eigenvalue weighted by atomic mass is 19.1. The van der Waals surface area contributed by atoms with Crippen molar-refractivity contribution in [3.05, 3.63) is 105 Å². The van der Waals surface area contributed by atoms with Gasteiger partial charge in [-0.3, -0.25) is 19.3 Å². The van der Waals surface area contributed by atoms with Gasteiger partial charge in [0.25, 0.3) is 11.5 Å². The number of ether oxygens (including phenoxy) is 1. The topological polar surface area (TPSA) is 92.7 Å². The van der Waals surface area contributed by atoms with Gasteiger partial charge in [-0.15, -0.1) is 0 Å². The number of carbonyl (C=O) groups is 2. The minimum absolute atomic E-state index is 0.0556. The number of amides is 2. The summed E-state index contributed by atoms with van der Waals surface area (Å²) in [5, 5.41) is 5.85. The van der Waals surface area contributed by atoms with E-state index in [0.29, 0.717) is 42.1 Å². The molecular formula is C35H37FN4O4. The fraction of sp³-hybridized carbons (Fsp3) is 0.286. The zero-order valence-electron chi connectivity index (χ0n) is 25.7. The Balaban J connectivity index is 1.43. The van der Waals surface area contributed by atoms with Gasteiger partial charge in [0, 0.05) is 50.0 Å². The predicted molar refractivity (Wildman–Crippen MR) is 170 cm³/mol. The Hall–Kier alpha value is -4.76. The fourth-order valence-corrected chi connectivity index (χ4v) is 5.89. The van der Waals surface area contributed by atoms with E-state index in [2.05, 4.69) is 10.6 Å². The van der Waals surface area contributed by atoms with E-state index >= 15 is 4.39 Å². The third kappa shape index (κ3) is 6.28. The first-order valence-electron chi connectivity index (χ1n) is 14.6. The van der Waals surface area contributed by atoms with Gasteiger partial charge in [0.15, 0.2) is 0 Å². The summed E-state index contributed by atoms with van der Waals surface area (Å²) in [6, 6.07) is 18.2. The van der Waals surface area contributed by atoms with Crippen LogP contribution in [0, 0.1) is 19.7 Å². The number of pyridine rings is 1. The molecule has 1 aliphatic heterocycles. The summed E-state index contributed by atoms with van der Waals surface area (Å²) < 4.78 is 22.7. The zero-order valence-corrected chi connectivity index (χ0v) is 25.7. The highest BCUT2D eigenvalue weighted by Crippen LogP contribution is 2.38. The number of anilines is 1. The Morgan fingerprint density at radius 1 is 1.05 bits per heavy atom. The molecule has 44 heavy (non-hydrogen) atoms. The highest BCUT2D eigenvalue weighted by Gasteiger charge is 2.24. The molecule has 1 aliphatic rings. The molecule has 1 fully saturated rings. The lowest BCUT2D eigenvalue weighted by Gasteiger charge is -2.23. The third-order valence-electron chi connectivity index (χ3n) is 8.30. The van der Waals surface area contributed by atoms with Gasteiger partial charge < -0.3 is 19.9 Å². The van der Waals surface area contributed by atoms with Crippen molar-refractivity contribution >= 4 is 17.5 Å². The molecule has 0 saturated carbocycles. The van der Waals surface area contributed by atoms with E-state index in [-0.39, 0.29) is 28.9 Å². The molecule has 1 unspecified atom stereocenters. The Morgan fingerprint density at radius 3 is 2.45 bits per heavy atom. The minimum Gasteiger partial charge on any atom is -0.496 e. The number of carbonyl (C=O) groups excluding carboxylic acids is 2. The number of aromatic nitrogens is 1. The smallest absolute Gasteiger partial charge is 0.263 e. The average Bonchev–Trinajstić information content (AvgIpc) is 3.40. The summed E-state index contributed by atoms with van der Waals surface area (Å²) in [5.41, 5.74) is 5.94. The molecule has 9 heteroatoms. The van der Waals surface area contributed by atoms with Gasteiger partial charge in [-0.05, 0) is 91.0 Å². The van der Waals surface area contributed by atoms with Crippen LogP contribution in [0.2, 0.25) is 0 Å². The van der Waals surface area contributed by atoms with Gasteiger partial charge in [-0.2, -0.15) is 0 Å². The van der Waals surface area contributed by atoms with Gasteiger partial charge in [-0.25, -0.2) is 4.39 Å². The van der Waals surface area contributed by atoms with Crippen molar-refractivity contribution in [3.63, 3.8) is 0 Å². The van der Waals surface area contributed by atoms with Crippen molar-refractivity contribution in [2.45, 2.75) is 39.3 Å². The van der Waals surface area contributed by atoms with E-state index in [9.17, 15) is 14.4 Å². The quantitative estimate of drug-likeness (QED) is 0.268. The number of hydrogen-bond acceptors (Lipinski definition) is 5. The first kappa shape index (κ1) is 30.7. The first-order chi connectivity index (χ1) is 21.1. The number of nitrogens with one attached hydrogen (secondary N) is 2. The van der Waals surface area contributed by atoms with Crippen molar-refractivity contribution in [1.82, 2.24) is 14.8 Å². The number of hydrogen-bond donors (Lipinski definition) is 2. The van der Waals surface area contributed by atoms with Crippen LogP contribution in [0.4, 0.5) is 10.1 Å². The first-order valence-corrected chi connectivity index (χ1v) is 14.6. The SMILES string of the molecule is COc1cc(-c2cccc(-c3cccc(NC(=O)c4cccn(C)c4=O)c3C)c2C)cc(F)c1CN(C)CC1CCC(=O)N1. The molecule has 2 heterocycles.